The summed E-state index contributed by atoms with van der Waals surface area (Å²) in [5.41, 5.74) is 0.684. The average molecular weight is 292 g/mol. The molecular formula is C10H14ClN3O3S. The van der Waals surface area contributed by atoms with E-state index in [1.165, 1.54) is 6.07 Å². The van der Waals surface area contributed by atoms with E-state index in [-0.39, 0.29) is 16.7 Å². The Hall–Kier alpha value is -1.21. The van der Waals surface area contributed by atoms with Gasteiger partial charge in [-0.2, -0.15) is 0 Å². The summed E-state index contributed by atoms with van der Waals surface area (Å²) in [5, 5.41) is 2.52. The van der Waals surface area contributed by atoms with Gasteiger partial charge >= 0.3 is 0 Å². The number of halogens is 1. The van der Waals surface area contributed by atoms with Crippen molar-refractivity contribution in [2.45, 2.75) is 19.9 Å². The van der Waals surface area contributed by atoms with Gasteiger partial charge in [0.15, 0.2) is 0 Å². The van der Waals surface area contributed by atoms with Crippen LogP contribution >= 0.6 is 11.6 Å². The fraction of sp³-hybridized carbons (Fsp3) is 0.500. The largest absolute Gasteiger partial charge is 0.347 e. The molecule has 0 aliphatic carbocycles. The van der Waals surface area contributed by atoms with Crippen molar-refractivity contribution in [1.82, 2.24) is 15.3 Å². The molecule has 18 heavy (non-hydrogen) atoms. The number of rotatable bonds is 4. The van der Waals surface area contributed by atoms with E-state index in [0.717, 1.165) is 6.26 Å². The highest BCUT2D eigenvalue weighted by Crippen LogP contribution is 2.05. The first-order valence-corrected chi connectivity index (χ1v) is 7.61. The number of nitrogens with one attached hydrogen (secondary N) is 1. The van der Waals surface area contributed by atoms with Crippen molar-refractivity contribution in [3.63, 3.8) is 0 Å². The number of nitrogens with zero attached hydrogens (tertiary/aromatic N) is 2. The summed E-state index contributed by atoms with van der Waals surface area (Å²) in [4.78, 5) is 19.4. The predicted octanol–water partition coefficient (Wildman–Crippen LogP) is 0.601. The lowest BCUT2D eigenvalue weighted by Gasteiger charge is -2.12. The highest BCUT2D eigenvalue weighted by Gasteiger charge is 2.16. The van der Waals surface area contributed by atoms with Gasteiger partial charge < -0.3 is 5.32 Å². The van der Waals surface area contributed by atoms with Crippen LogP contribution in [0, 0.1) is 6.92 Å². The zero-order valence-corrected chi connectivity index (χ0v) is 11.8. The van der Waals surface area contributed by atoms with Crippen molar-refractivity contribution in [3.05, 3.63) is 22.7 Å². The van der Waals surface area contributed by atoms with Crippen molar-refractivity contribution in [1.29, 1.82) is 0 Å². The second-order valence-corrected chi connectivity index (χ2v) is 6.65. The van der Waals surface area contributed by atoms with E-state index in [9.17, 15) is 13.2 Å². The van der Waals surface area contributed by atoms with Crippen LogP contribution in [-0.4, -0.2) is 42.3 Å². The second kappa shape index (κ2) is 5.62. The van der Waals surface area contributed by atoms with Gasteiger partial charge in [0.1, 0.15) is 15.5 Å². The molecule has 1 heterocycles. The zero-order valence-electron chi connectivity index (χ0n) is 10.3. The van der Waals surface area contributed by atoms with Crippen LogP contribution in [0.25, 0.3) is 0 Å². The van der Waals surface area contributed by atoms with Gasteiger partial charge in [-0.3, -0.25) is 4.79 Å². The summed E-state index contributed by atoms with van der Waals surface area (Å²) in [5.74, 6) is -0.602. The number of carbonyl (C=O) groups excluding carboxylic acids is 1. The van der Waals surface area contributed by atoms with Crippen LogP contribution in [0.2, 0.25) is 5.28 Å². The van der Waals surface area contributed by atoms with Gasteiger partial charge in [-0.1, -0.05) is 0 Å². The molecular weight excluding hydrogens is 278 g/mol. The molecule has 0 saturated carbocycles. The minimum atomic E-state index is -3.14. The SMILES string of the molecule is Cc1cc(C(=O)NC(C)CS(C)(=O)=O)nc(Cl)n1. The number of hydrogen-bond donors (Lipinski definition) is 1. The van der Waals surface area contributed by atoms with Crippen molar-refractivity contribution in [3.8, 4) is 0 Å². The molecule has 1 N–H and O–H groups in total. The maximum Gasteiger partial charge on any atom is 0.270 e. The average Bonchev–Trinajstić information content (AvgIpc) is 2.12. The highest BCUT2D eigenvalue weighted by molar-refractivity contribution is 7.90. The Kier molecular flexibility index (Phi) is 4.64. The van der Waals surface area contributed by atoms with Crippen LogP contribution in [0.5, 0.6) is 0 Å². The lowest BCUT2D eigenvalue weighted by atomic mass is 10.3. The van der Waals surface area contributed by atoms with Gasteiger partial charge in [-0.15, -0.1) is 0 Å². The van der Waals surface area contributed by atoms with E-state index in [1.54, 1.807) is 13.8 Å². The van der Waals surface area contributed by atoms with E-state index in [1.807, 2.05) is 0 Å². The normalized spacial score (nSPS) is 13.1. The molecule has 6 nitrogen and oxygen atoms in total. The summed E-state index contributed by atoms with van der Waals surface area (Å²) >= 11 is 5.64. The quantitative estimate of drug-likeness (QED) is 0.821. The number of carbonyl (C=O) groups is 1. The Morgan fingerprint density at radius 1 is 1.50 bits per heavy atom. The molecule has 0 bridgehead atoms. The van der Waals surface area contributed by atoms with E-state index in [4.69, 9.17) is 11.6 Å². The fourth-order valence-electron chi connectivity index (χ4n) is 1.44. The molecule has 0 radical (unpaired) electrons. The van der Waals surface area contributed by atoms with Crippen LogP contribution in [0.4, 0.5) is 0 Å². The molecule has 0 spiro atoms. The lowest BCUT2D eigenvalue weighted by Crippen LogP contribution is -2.37. The Labute approximate surface area is 111 Å². The maximum atomic E-state index is 11.8. The number of aryl methyl sites for hydroxylation is 1. The molecule has 0 aromatic carbocycles. The third kappa shape index (κ3) is 4.97. The number of hydrogen-bond acceptors (Lipinski definition) is 5. The molecule has 1 unspecified atom stereocenters. The van der Waals surface area contributed by atoms with Gasteiger partial charge in [-0.25, -0.2) is 18.4 Å². The van der Waals surface area contributed by atoms with Crippen LogP contribution in [0.3, 0.4) is 0 Å². The molecule has 0 aliphatic rings. The predicted molar refractivity (Wildman–Crippen MR) is 68.4 cm³/mol. The molecule has 1 rings (SSSR count). The summed E-state index contributed by atoms with van der Waals surface area (Å²) < 4.78 is 22.1. The third-order valence-electron chi connectivity index (χ3n) is 1.99. The Balaban J connectivity index is 2.76. The van der Waals surface area contributed by atoms with Gasteiger partial charge in [-0.05, 0) is 31.5 Å². The Morgan fingerprint density at radius 2 is 2.11 bits per heavy atom. The molecule has 0 aliphatic heterocycles. The minimum absolute atomic E-state index is 0.0177. The molecule has 0 saturated heterocycles. The highest BCUT2D eigenvalue weighted by atomic mass is 35.5. The smallest absolute Gasteiger partial charge is 0.270 e. The molecule has 100 valence electrons. The summed E-state index contributed by atoms with van der Waals surface area (Å²) in [7, 11) is -3.14. The van der Waals surface area contributed by atoms with Crippen molar-refractivity contribution in [2.75, 3.05) is 12.0 Å². The first-order chi connectivity index (χ1) is 8.17. The van der Waals surface area contributed by atoms with Crippen LogP contribution in [0.1, 0.15) is 23.1 Å². The minimum Gasteiger partial charge on any atom is -0.347 e. The molecule has 1 amide bonds. The monoisotopic (exact) mass is 291 g/mol. The van der Waals surface area contributed by atoms with E-state index in [0.29, 0.717) is 5.69 Å². The number of aromatic nitrogens is 2. The van der Waals surface area contributed by atoms with Gasteiger partial charge in [0.05, 0.1) is 5.75 Å². The molecule has 1 aromatic rings. The second-order valence-electron chi connectivity index (χ2n) is 4.13. The van der Waals surface area contributed by atoms with Crippen molar-refractivity contribution < 1.29 is 13.2 Å². The molecule has 1 aromatic heterocycles. The van der Waals surface area contributed by atoms with Crippen molar-refractivity contribution >= 4 is 27.3 Å². The molecule has 1 atom stereocenters. The Morgan fingerprint density at radius 3 is 2.61 bits per heavy atom. The van der Waals surface area contributed by atoms with Gasteiger partial charge in [0.2, 0.25) is 5.28 Å². The van der Waals surface area contributed by atoms with Crippen LogP contribution < -0.4 is 5.32 Å². The summed E-state index contributed by atoms with van der Waals surface area (Å²) in [6, 6.07) is 0.982. The lowest BCUT2D eigenvalue weighted by molar-refractivity contribution is 0.0938. The maximum absolute atomic E-state index is 11.8. The standard InChI is InChI=1S/C10H14ClN3O3S/c1-6-4-8(14-10(11)13-6)9(15)12-7(2)5-18(3,16)17/h4,7H,5H2,1-3H3,(H,12,15). The first-order valence-electron chi connectivity index (χ1n) is 5.17. The fourth-order valence-corrected chi connectivity index (χ4v) is 2.66. The van der Waals surface area contributed by atoms with E-state index >= 15 is 0 Å². The van der Waals surface area contributed by atoms with E-state index in [2.05, 4.69) is 15.3 Å². The summed E-state index contributed by atoms with van der Waals surface area (Å²) in [6.45, 7) is 3.29. The Bertz CT molecular complexity index is 539. The van der Waals surface area contributed by atoms with Crippen LogP contribution in [-0.2, 0) is 9.84 Å². The van der Waals surface area contributed by atoms with Crippen LogP contribution in [0.15, 0.2) is 6.07 Å². The van der Waals surface area contributed by atoms with E-state index < -0.39 is 21.8 Å². The molecule has 8 heteroatoms. The zero-order chi connectivity index (χ0) is 13.9. The van der Waals surface area contributed by atoms with Crippen molar-refractivity contribution in [2.24, 2.45) is 0 Å². The summed E-state index contributed by atoms with van der Waals surface area (Å²) in [6.07, 6.45) is 1.11. The topological polar surface area (TPSA) is 89.0 Å². The first kappa shape index (κ1) is 14.8. The third-order valence-corrected chi connectivity index (χ3v) is 3.26. The van der Waals surface area contributed by atoms with Gasteiger partial charge in [0, 0.05) is 18.0 Å². The van der Waals surface area contributed by atoms with Gasteiger partial charge in [0.25, 0.3) is 5.91 Å². The number of sulfone groups is 1. The molecule has 0 fully saturated rings. The number of amides is 1.